The molecule has 0 heterocycles. The van der Waals surface area contributed by atoms with E-state index in [1.165, 1.54) is 6.07 Å². The maximum Gasteiger partial charge on any atom is 0.488 e. The van der Waals surface area contributed by atoms with Crippen LogP contribution < -0.4 is 9.50 Å². The summed E-state index contributed by atoms with van der Waals surface area (Å²) in [4.78, 5) is 12.6. The van der Waals surface area contributed by atoms with Crippen molar-refractivity contribution in [2.45, 2.75) is 39.0 Å². The van der Waals surface area contributed by atoms with Crippen LogP contribution in [0.1, 0.15) is 33.7 Å². The van der Waals surface area contributed by atoms with Gasteiger partial charge in [0, 0.05) is 23.6 Å². The van der Waals surface area contributed by atoms with E-state index in [1.54, 1.807) is 13.0 Å². The van der Waals surface area contributed by atoms with Crippen LogP contribution in [-0.4, -0.2) is 29.2 Å². The quantitative estimate of drug-likeness (QED) is 0.242. The SMILES string of the molecule is Cc1c(C#C[Si](C)(C)C)cc(CNC(=O)OCC2c3ccccc3-c3ccccc32)cc1OS(=O)(=O)F. The monoisotopic (exact) mass is 537 g/mol. The van der Waals surface area contributed by atoms with E-state index in [4.69, 9.17) is 4.74 Å². The van der Waals surface area contributed by atoms with Gasteiger partial charge in [0.25, 0.3) is 0 Å². The first-order valence-corrected chi connectivity index (χ1v) is 16.6. The molecule has 0 fully saturated rings. The highest BCUT2D eigenvalue weighted by molar-refractivity contribution is 7.81. The second-order valence-corrected chi connectivity index (χ2v) is 15.6. The smallest absolute Gasteiger partial charge is 0.449 e. The molecule has 3 aromatic carbocycles. The number of ether oxygens (including phenoxy) is 1. The summed E-state index contributed by atoms with van der Waals surface area (Å²) in [7, 11) is -6.97. The first kappa shape index (κ1) is 26.4. The number of benzene rings is 3. The molecule has 0 bridgehead atoms. The van der Waals surface area contributed by atoms with E-state index in [0.29, 0.717) is 16.7 Å². The van der Waals surface area contributed by atoms with E-state index < -0.39 is 24.7 Å². The number of amides is 1. The summed E-state index contributed by atoms with van der Waals surface area (Å²) >= 11 is 0. The Hall–Kier alpha value is -3.61. The largest absolute Gasteiger partial charge is 0.488 e. The van der Waals surface area contributed by atoms with Gasteiger partial charge < -0.3 is 14.2 Å². The lowest BCUT2D eigenvalue weighted by Crippen LogP contribution is -2.25. The van der Waals surface area contributed by atoms with E-state index in [2.05, 4.69) is 52.7 Å². The first-order valence-electron chi connectivity index (χ1n) is 11.8. The molecular formula is C28H28FNO5SSi. The summed E-state index contributed by atoms with van der Waals surface area (Å²) in [5, 5.41) is 2.68. The van der Waals surface area contributed by atoms with Crippen LogP contribution in [0.4, 0.5) is 8.68 Å². The number of hydrogen-bond acceptors (Lipinski definition) is 5. The molecular weight excluding hydrogens is 509 g/mol. The molecule has 1 N–H and O–H groups in total. The van der Waals surface area contributed by atoms with E-state index in [-0.39, 0.29) is 24.8 Å². The molecule has 37 heavy (non-hydrogen) atoms. The molecule has 9 heteroatoms. The zero-order valence-corrected chi connectivity index (χ0v) is 22.9. The second-order valence-electron chi connectivity index (χ2n) is 9.92. The van der Waals surface area contributed by atoms with Crippen molar-refractivity contribution in [3.05, 3.63) is 88.5 Å². The summed E-state index contributed by atoms with van der Waals surface area (Å²) in [6.45, 7) is 8.00. The molecule has 0 unspecified atom stereocenters. The molecule has 0 atom stereocenters. The van der Waals surface area contributed by atoms with Gasteiger partial charge in [-0.25, -0.2) is 4.79 Å². The number of carbonyl (C=O) groups is 1. The second kappa shape index (κ2) is 10.4. The molecule has 4 rings (SSSR count). The van der Waals surface area contributed by atoms with Crippen LogP contribution in [0.2, 0.25) is 19.6 Å². The Morgan fingerprint density at radius 2 is 1.62 bits per heavy atom. The van der Waals surface area contributed by atoms with Crippen molar-refractivity contribution in [3.63, 3.8) is 0 Å². The van der Waals surface area contributed by atoms with Crippen LogP contribution in [0.15, 0.2) is 60.7 Å². The third-order valence-electron chi connectivity index (χ3n) is 5.96. The molecule has 192 valence electrons. The minimum atomic E-state index is -5.23. The number of nitrogens with one attached hydrogen (secondary N) is 1. The van der Waals surface area contributed by atoms with Gasteiger partial charge >= 0.3 is 16.6 Å². The van der Waals surface area contributed by atoms with Crippen molar-refractivity contribution in [2.24, 2.45) is 0 Å². The Balaban J connectivity index is 1.48. The van der Waals surface area contributed by atoms with E-state index >= 15 is 0 Å². The molecule has 0 radical (unpaired) electrons. The topological polar surface area (TPSA) is 81.7 Å². The molecule has 1 amide bonds. The van der Waals surface area contributed by atoms with E-state index in [0.717, 1.165) is 22.3 Å². The third kappa shape index (κ3) is 6.59. The Morgan fingerprint density at radius 1 is 1.03 bits per heavy atom. The molecule has 0 saturated carbocycles. The highest BCUT2D eigenvalue weighted by Gasteiger charge is 2.29. The van der Waals surface area contributed by atoms with Crippen molar-refractivity contribution < 1.29 is 26.0 Å². The number of alkyl carbamates (subject to hydrolysis) is 1. The van der Waals surface area contributed by atoms with Crippen molar-refractivity contribution in [2.75, 3.05) is 6.61 Å². The average molecular weight is 538 g/mol. The van der Waals surface area contributed by atoms with Crippen molar-refractivity contribution in [1.82, 2.24) is 5.32 Å². The summed E-state index contributed by atoms with van der Waals surface area (Å²) in [6.07, 6.45) is -0.627. The summed E-state index contributed by atoms with van der Waals surface area (Å²) in [5.41, 5.74) is 9.09. The van der Waals surface area contributed by atoms with Crippen molar-refractivity contribution in [1.29, 1.82) is 0 Å². The van der Waals surface area contributed by atoms with Crippen LogP contribution in [0.3, 0.4) is 0 Å². The predicted molar refractivity (Wildman–Crippen MR) is 144 cm³/mol. The highest BCUT2D eigenvalue weighted by Crippen LogP contribution is 2.44. The molecule has 3 aromatic rings. The van der Waals surface area contributed by atoms with Gasteiger partial charge in [-0.2, -0.15) is 8.42 Å². The fourth-order valence-electron chi connectivity index (χ4n) is 4.25. The highest BCUT2D eigenvalue weighted by atomic mass is 32.3. The van der Waals surface area contributed by atoms with Gasteiger partial charge in [0.15, 0.2) is 0 Å². The van der Waals surface area contributed by atoms with Gasteiger partial charge in [-0.15, -0.1) is 5.54 Å². The lowest BCUT2D eigenvalue weighted by atomic mass is 9.98. The molecule has 1 aliphatic carbocycles. The zero-order valence-electron chi connectivity index (χ0n) is 21.1. The van der Waals surface area contributed by atoms with Crippen LogP contribution in [0, 0.1) is 18.4 Å². The third-order valence-corrected chi connectivity index (χ3v) is 7.22. The Kier molecular flexibility index (Phi) is 7.43. The van der Waals surface area contributed by atoms with Gasteiger partial charge in [-0.1, -0.05) is 78.0 Å². The van der Waals surface area contributed by atoms with Crippen molar-refractivity contribution in [3.8, 4) is 28.3 Å². The average Bonchev–Trinajstić information content (AvgIpc) is 3.14. The molecule has 0 saturated heterocycles. The number of carbonyl (C=O) groups excluding carboxylic acids is 1. The minimum Gasteiger partial charge on any atom is -0.449 e. The number of fused-ring (bicyclic) bond motifs is 3. The molecule has 0 aromatic heterocycles. The van der Waals surface area contributed by atoms with Gasteiger partial charge in [-0.05, 0) is 46.9 Å². The van der Waals surface area contributed by atoms with E-state index in [9.17, 15) is 17.1 Å². The van der Waals surface area contributed by atoms with Crippen LogP contribution >= 0.6 is 0 Å². The van der Waals surface area contributed by atoms with Gasteiger partial charge in [0.1, 0.15) is 20.4 Å². The lowest BCUT2D eigenvalue weighted by molar-refractivity contribution is 0.142. The normalized spacial score (nSPS) is 12.7. The predicted octanol–water partition coefficient (Wildman–Crippen LogP) is 5.86. The van der Waals surface area contributed by atoms with E-state index in [1.807, 2.05) is 36.4 Å². The first-order chi connectivity index (χ1) is 17.4. The Bertz CT molecular complexity index is 1470. The van der Waals surface area contributed by atoms with Gasteiger partial charge in [0.2, 0.25) is 0 Å². The maximum absolute atomic E-state index is 13.3. The molecule has 0 aliphatic heterocycles. The fourth-order valence-corrected chi connectivity index (χ4v) is 5.15. The summed E-state index contributed by atoms with van der Waals surface area (Å²) in [6, 6.07) is 19.2. The summed E-state index contributed by atoms with van der Waals surface area (Å²) < 4.78 is 45.7. The standard InChI is InChI=1S/C28H28FNO5SSi/c1-19-21(13-14-37(2,3)4)15-20(16-27(19)35-36(29,32)33)17-30-28(31)34-18-26-24-11-7-5-9-22(24)23-10-6-8-12-25(23)26/h5-12,15-16,26H,17-18H2,1-4H3,(H,30,31). The molecule has 1 aliphatic rings. The maximum atomic E-state index is 13.3. The van der Waals surface area contributed by atoms with Crippen LogP contribution in [0.25, 0.3) is 11.1 Å². The number of rotatable bonds is 6. The van der Waals surface area contributed by atoms with Crippen molar-refractivity contribution >= 4 is 24.7 Å². The summed E-state index contributed by atoms with van der Waals surface area (Å²) in [5.74, 6) is 2.81. The van der Waals surface area contributed by atoms with Crippen LogP contribution in [0.5, 0.6) is 5.75 Å². The number of hydrogen-bond donors (Lipinski definition) is 1. The molecule has 6 nitrogen and oxygen atoms in total. The molecule has 0 spiro atoms. The zero-order chi connectivity index (χ0) is 26.8. The minimum absolute atomic E-state index is 0.0152. The van der Waals surface area contributed by atoms with Crippen LogP contribution in [-0.2, 0) is 21.8 Å². The Labute approximate surface area is 218 Å². The van der Waals surface area contributed by atoms with Gasteiger partial charge in [-0.3, -0.25) is 0 Å². The fraction of sp³-hybridized carbons (Fsp3) is 0.250. The van der Waals surface area contributed by atoms with Gasteiger partial charge in [0.05, 0.1) is 0 Å². The Morgan fingerprint density at radius 3 is 2.19 bits per heavy atom. The lowest BCUT2D eigenvalue weighted by Gasteiger charge is -2.15. The number of halogens is 1.